The van der Waals surface area contributed by atoms with Crippen LogP contribution < -0.4 is 5.32 Å². The number of carbonyl (C=O) groups excluding carboxylic acids is 2. The molecule has 6 nitrogen and oxygen atoms in total. The summed E-state index contributed by atoms with van der Waals surface area (Å²) in [6, 6.07) is 5.81. The minimum Gasteiger partial charge on any atom is -0.426 e. The van der Waals surface area contributed by atoms with Gasteiger partial charge in [0.1, 0.15) is 0 Å². The van der Waals surface area contributed by atoms with Crippen molar-refractivity contribution in [1.29, 1.82) is 0 Å². The SMILES string of the molecule is Cc1ccc(CC(NC(=O)CN(C)C(=O)/C=C/Cl)B(O)O)c(C)c1. The second-order valence-corrected chi connectivity index (χ2v) is 5.96. The van der Waals surface area contributed by atoms with Crippen LogP contribution in [0, 0.1) is 13.8 Å². The lowest BCUT2D eigenvalue weighted by Gasteiger charge is -2.21. The molecule has 0 heterocycles. The van der Waals surface area contributed by atoms with Gasteiger partial charge in [-0.05, 0) is 31.4 Å². The summed E-state index contributed by atoms with van der Waals surface area (Å²) in [6.07, 6.45) is 1.40. The van der Waals surface area contributed by atoms with Crippen LogP contribution >= 0.6 is 11.6 Å². The molecule has 0 spiro atoms. The van der Waals surface area contributed by atoms with Gasteiger partial charge < -0.3 is 20.3 Å². The highest BCUT2D eigenvalue weighted by Crippen LogP contribution is 2.13. The van der Waals surface area contributed by atoms with Gasteiger partial charge in [-0.1, -0.05) is 35.4 Å². The van der Waals surface area contributed by atoms with Crippen molar-refractivity contribution in [2.24, 2.45) is 0 Å². The Labute approximate surface area is 147 Å². The first-order chi connectivity index (χ1) is 11.2. The lowest BCUT2D eigenvalue weighted by Crippen LogP contribution is -2.50. The molecule has 3 N–H and O–H groups in total. The van der Waals surface area contributed by atoms with E-state index in [4.69, 9.17) is 11.6 Å². The average molecular weight is 353 g/mol. The highest BCUT2D eigenvalue weighted by Gasteiger charge is 2.26. The highest BCUT2D eigenvalue weighted by molar-refractivity contribution is 6.43. The molecule has 2 amide bonds. The third-order valence-electron chi connectivity index (χ3n) is 3.61. The van der Waals surface area contributed by atoms with Gasteiger partial charge in [-0.3, -0.25) is 9.59 Å². The molecular formula is C16H22BClN2O4. The van der Waals surface area contributed by atoms with Crippen LogP contribution in [0.3, 0.4) is 0 Å². The van der Waals surface area contributed by atoms with Gasteiger partial charge in [-0.25, -0.2) is 0 Å². The molecule has 0 radical (unpaired) electrons. The average Bonchev–Trinajstić information content (AvgIpc) is 2.49. The minimum atomic E-state index is -1.71. The van der Waals surface area contributed by atoms with Crippen LogP contribution in [0.25, 0.3) is 0 Å². The number of likely N-dealkylation sites (N-methyl/N-ethyl adjacent to an activating group) is 1. The molecule has 0 aliphatic carbocycles. The van der Waals surface area contributed by atoms with Crippen molar-refractivity contribution in [2.45, 2.75) is 26.2 Å². The summed E-state index contributed by atoms with van der Waals surface area (Å²) in [4.78, 5) is 24.7. The predicted molar refractivity (Wildman–Crippen MR) is 94.4 cm³/mol. The van der Waals surface area contributed by atoms with Gasteiger partial charge >= 0.3 is 7.12 Å². The fourth-order valence-electron chi connectivity index (χ4n) is 2.27. The van der Waals surface area contributed by atoms with Gasteiger partial charge in [-0.15, -0.1) is 0 Å². The maximum absolute atomic E-state index is 12.0. The first-order valence-corrected chi connectivity index (χ1v) is 7.91. The molecular weight excluding hydrogens is 330 g/mol. The van der Waals surface area contributed by atoms with E-state index in [1.807, 2.05) is 32.0 Å². The summed E-state index contributed by atoms with van der Waals surface area (Å²) >= 11 is 5.32. The van der Waals surface area contributed by atoms with E-state index in [9.17, 15) is 19.6 Å². The molecule has 1 atom stereocenters. The number of nitrogens with zero attached hydrogens (tertiary/aromatic N) is 1. The van der Waals surface area contributed by atoms with E-state index in [-0.39, 0.29) is 13.0 Å². The van der Waals surface area contributed by atoms with Crippen LogP contribution in [0.15, 0.2) is 29.8 Å². The number of carbonyl (C=O) groups is 2. The number of amides is 2. The first kappa shape index (κ1) is 20.2. The van der Waals surface area contributed by atoms with Crippen LogP contribution in [0.4, 0.5) is 0 Å². The number of benzene rings is 1. The molecule has 0 aliphatic rings. The number of aryl methyl sites for hydroxylation is 2. The van der Waals surface area contributed by atoms with Crippen molar-refractivity contribution in [3.63, 3.8) is 0 Å². The largest absolute Gasteiger partial charge is 0.475 e. The number of hydrogen-bond donors (Lipinski definition) is 3. The predicted octanol–water partition coefficient (Wildman–Crippen LogP) is 0.554. The quantitative estimate of drug-likeness (QED) is 0.494. The van der Waals surface area contributed by atoms with Gasteiger partial charge in [0.25, 0.3) is 0 Å². The van der Waals surface area contributed by atoms with Gasteiger partial charge in [0.2, 0.25) is 11.8 Å². The first-order valence-electron chi connectivity index (χ1n) is 7.48. The lowest BCUT2D eigenvalue weighted by molar-refractivity contribution is -0.131. The van der Waals surface area contributed by atoms with Crippen LogP contribution in [-0.2, 0) is 16.0 Å². The van der Waals surface area contributed by atoms with Gasteiger partial charge in [0, 0.05) is 18.7 Å². The van der Waals surface area contributed by atoms with E-state index in [0.29, 0.717) is 0 Å². The fourth-order valence-corrected chi connectivity index (χ4v) is 2.38. The molecule has 0 aromatic heterocycles. The molecule has 0 aliphatic heterocycles. The Morgan fingerprint density at radius 2 is 2.04 bits per heavy atom. The molecule has 1 unspecified atom stereocenters. The summed E-state index contributed by atoms with van der Waals surface area (Å²) in [5.74, 6) is -1.78. The van der Waals surface area contributed by atoms with E-state index in [0.717, 1.165) is 28.3 Å². The monoisotopic (exact) mass is 352 g/mol. The van der Waals surface area contributed by atoms with E-state index < -0.39 is 24.9 Å². The zero-order chi connectivity index (χ0) is 18.3. The molecule has 0 fully saturated rings. The van der Waals surface area contributed by atoms with E-state index in [2.05, 4.69) is 5.32 Å². The smallest absolute Gasteiger partial charge is 0.426 e. The Bertz CT molecular complexity index is 622. The molecule has 0 bridgehead atoms. The van der Waals surface area contributed by atoms with E-state index in [1.165, 1.54) is 11.9 Å². The van der Waals surface area contributed by atoms with Crippen LogP contribution in [0.2, 0.25) is 0 Å². The Morgan fingerprint density at radius 3 is 2.58 bits per heavy atom. The summed E-state index contributed by atoms with van der Waals surface area (Å²) in [6.45, 7) is 3.69. The molecule has 1 rings (SSSR count). The molecule has 0 saturated heterocycles. The number of halogens is 1. The summed E-state index contributed by atoms with van der Waals surface area (Å²) < 4.78 is 0. The zero-order valence-corrected chi connectivity index (χ0v) is 14.7. The Morgan fingerprint density at radius 1 is 1.38 bits per heavy atom. The van der Waals surface area contributed by atoms with Crippen molar-refractivity contribution in [3.05, 3.63) is 46.5 Å². The standard InChI is InChI=1S/C16H22BClN2O4/c1-11-4-5-13(12(2)8-11)9-14(17(23)24)19-15(21)10-20(3)16(22)6-7-18/h4-8,14,23-24H,9-10H2,1-3H3,(H,19,21)/b7-6+. The second kappa shape index (κ2) is 9.47. The molecule has 1 aromatic carbocycles. The minimum absolute atomic E-state index is 0.212. The van der Waals surface area contributed by atoms with Crippen molar-refractivity contribution < 1.29 is 19.6 Å². The van der Waals surface area contributed by atoms with Gasteiger partial charge in [-0.2, -0.15) is 0 Å². The Kier molecular flexibility index (Phi) is 7.97. The third-order valence-corrected chi connectivity index (χ3v) is 3.73. The third kappa shape index (κ3) is 6.35. The molecule has 130 valence electrons. The normalized spacial score (nSPS) is 12.1. The maximum atomic E-state index is 12.0. The van der Waals surface area contributed by atoms with Crippen LogP contribution in [-0.4, -0.2) is 53.4 Å². The van der Waals surface area contributed by atoms with Crippen LogP contribution in [0.5, 0.6) is 0 Å². The number of hydrogen-bond acceptors (Lipinski definition) is 4. The molecule has 24 heavy (non-hydrogen) atoms. The topological polar surface area (TPSA) is 89.9 Å². The lowest BCUT2D eigenvalue weighted by atomic mass is 9.75. The molecule has 1 aromatic rings. The van der Waals surface area contributed by atoms with Crippen molar-refractivity contribution in [3.8, 4) is 0 Å². The molecule has 8 heteroatoms. The van der Waals surface area contributed by atoms with Crippen molar-refractivity contribution in [1.82, 2.24) is 10.2 Å². The Hall–Kier alpha value is -1.83. The maximum Gasteiger partial charge on any atom is 0.475 e. The Balaban J connectivity index is 2.72. The summed E-state index contributed by atoms with van der Waals surface area (Å²) in [5, 5.41) is 21.6. The fraction of sp³-hybridized carbons (Fsp3) is 0.375. The van der Waals surface area contributed by atoms with Crippen LogP contribution in [0.1, 0.15) is 16.7 Å². The van der Waals surface area contributed by atoms with E-state index in [1.54, 1.807) is 0 Å². The number of nitrogens with one attached hydrogen (secondary N) is 1. The summed E-state index contributed by atoms with van der Waals surface area (Å²) in [7, 11) is -0.258. The van der Waals surface area contributed by atoms with E-state index >= 15 is 0 Å². The molecule has 0 saturated carbocycles. The second-order valence-electron chi connectivity index (χ2n) is 5.71. The van der Waals surface area contributed by atoms with Crippen molar-refractivity contribution in [2.75, 3.05) is 13.6 Å². The van der Waals surface area contributed by atoms with Gasteiger partial charge in [0.15, 0.2) is 0 Å². The number of rotatable bonds is 7. The summed E-state index contributed by atoms with van der Waals surface area (Å²) in [5.41, 5.74) is 4.09. The van der Waals surface area contributed by atoms with Gasteiger partial charge in [0.05, 0.1) is 12.5 Å². The highest BCUT2D eigenvalue weighted by atomic mass is 35.5. The van der Waals surface area contributed by atoms with Crippen molar-refractivity contribution >= 4 is 30.5 Å². The zero-order valence-electron chi connectivity index (χ0n) is 14.0.